The summed E-state index contributed by atoms with van der Waals surface area (Å²) in [6.07, 6.45) is 3.73. The zero-order valence-corrected chi connectivity index (χ0v) is 17.1. The Hall–Kier alpha value is -2.92. The minimum Gasteiger partial charge on any atom is -0.362 e. The number of aromatic nitrogens is 1. The topological polar surface area (TPSA) is 71.1 Å². The first-order valence-electron chi connectivity index (χ1n) is 9.68. The third-order valence-corrected chi connectivity index (χ3v) is 5.74. The molecule has 6 heteroatoms. The van der Waals surface area contributed by atoms with Crippen molar-refractivity contribution in [3.05, 3.63) is 81.3 Å². The highest BCUT2D eigenvalue weighted by Gasteiger charge is 2.39. The third-order valence-electron chi connectivity index (χ3n) is 5.39. The smallest absolute Gasteiger partial charge is 0.255 e. The quantitative estimate of drug-likeness (QED) is 0.776. The van der Waals surface area contributed by atoms with Crippen LogP contribution in [0, 0.1) is 6.92 Å². The number of benzene rings is 1. The second-order valence-electron chi connectivity index (χ2n) is 7.46. The van der Waals surface area contributed by atoms with E-state index in [1.165, 1.54) is 0 Å². The molecular weight excluding hydrogens is 386 g/mol. The van der Waals surface area contributed by atoms with Crippen molar-refractivity contribution in [1.29, 1.82) is 0 Å². The average Bonchev–Trinajstić information content (AvgIpc) is 2.67. The van der Waals surface area contributed by atoms with Gasteiger partial charge in [0.15, 0.2) is 5.78 Å². The number of amides is 1. The van der Waals surface area contributed by atoms with Gasteiger partial charge in [-0.2, -0.15) is 0 Å². The fourth-order valence-electron chi connectivity index (χ4n) is 4.09. The summed E-state index contributed by atoms with van der Waals surface area (Å²) in [5.74, 6) is -0.251. The van der Waals surface area contributed by atoms with Gasteiger partial charge < -0.3 is 10.6 Å². The third kappa shape index (κ3) is 3.70. The Morgan fingerprint density at radius 2 is 2.00 bits per heavy atom. The number of halogens is 1. The summed E-state index contributed by atoms with van der Waals surface area (Å²) in [7, 11) is 0. The highest BCUT2D eigenvalue weighted by molar-refractivity contribution is 6.31. The van der Waals surface area contributed by atoms with Crippen molar-refractivity contribution in [2.75, 3.05) is 5.32 Å². The normalized spacial score (nSPS) is 19.0. The summed E-state index contributed by atoms with van der Waals surface area (Å²) in [6, 6.07) is 11.1. The Morgan fingerprint density at radius 3 is 2.76 bits per heavy atom. The minimum atomic E-state index is -0.502. The van der Waals surface area contributed by atoms with Gasteiger partial charge in [0.25, 0.3) is 5.91 Å². The molecule has 1 amide bonds. The summed E-state index contributed by atoms with van der Waals surface area (Å²) >= 11 is 6.51. The van der Waals surface area contributed by atoms with Gasteiger partial charge in [0, 0.05) is 46.1 Å². The molecule has 1 aliphatic carbocycles. The van der Waals surface area contributed by atoms with Crippen molar-refractivity contribution in [2.45, 2.75) is 39.0 Å². The number of ketones is 1. The van der Waals surface area contributed by atoms with E-state index in [9.17, 15) is 9.59 Å². The summed E-state index contributed by atoms with van der Waals surface area (Å²) < 4.78 is 0. The van der Waals surface area contributed by atoms with Crippen LogP contribution in [0.3, 0.4) is 0 Å². The maximum absolute atomic E-state index is 13.3. The molecular formula is C23H22ClN3O2. The number of hydrogen-bond donors (Lipinski definition) is 2. The first-order chi connectivity index (χ1) is 14.0. The van der Waals surface area contributed by atoms with Crippen LogP contribution in [0.15, 0.2) is 65.1 Å². The molecule has 1 aromatic carbocycles. The Bertz CT molecular complexity index is 1070. The maximum atomic E-state index is 13.3. The number of pyridine rings is 1. The molecule has 148 valence electrons. The summed E-state index contributed by atoms with van der Waals surface area (Å²) in [4.78, 5) is 30.5. The van der Waals surface area contributed by atoms with Crippen LogP contribution in [0.1, 0.15) is 43.2 Å². The van der Waals surface area contributed by atoms with Crippen LogP contribution in [0.25, 0.3) is 0 Å². The second-order valence-corrected chi connectivity index (χ2v) is 7.87. The van der Waals surface area contributed by atoms with Gasteiger partial charge in [-0.25, -0.2) is 4.98 Å². The van der Waals surface area contributed by atoms with E-state index in [0.717, 1.165) is 35.4 Å². The molecule has 0 spiro atoms. The second kappa shape index (κ2) is 7.84. The van der Waals surface area contributed by atoms with E-state index in [1.54, 1.807) is 12.3 Å². The van der Waals surface area contributed by atoms with Crippen LogP contribution in [0.5, 0.6) is 0 Å². The molecule has 2 aromatic rings. The van der Waals surface area contributed by atoms with E-state index < -0.39 is 5.92 Å². The van der Waals surface area contributed by atoms with Crippen LogP contribution < -0.4 is 10.6 Å². The largest absolute Gasteiger partial charge is 0.362 e. The zero-order valence-electron chi connectivity index (χ0n) is 16.4. The number of rotatable bonds is 3. The highest BCUT2D eigenvalue weighted by atomic mass is 35.5. The fourth-order valence-corrected chi connectivity index (χ4v) is 4.34. The monoisotopic (exact) mass is 407 g/mol. The van der Waals surface area contributed by atoms with Crippen LogP contribution in [-0.2, 0) is 9.59 Å². The van der Waals surface area contributed by atoms with E-state index in [4.69, 9.17) is 11.6 Å². The number of aryl methyl sites for hydroxylation is 1. The van der Waals surface area contributed by atoms with Crippen molar-refractivity contribution >= 4 is 29.1 Å². The highest BCUT2D eigenvalue weighted by Crippen LogP contribution is 2.44. The van der Waals surface area contributed by atoms with E-state index in [1.807, 2.05) is 44.2 Å². The molecule has 0 saturated carbocycles. The number of carbonyl (C=O) groups is 2. The van der Waals surface area contributed by atoms with Gasteiger partial charge in [-0.15, -0.1) is 0 Å². The SMILES string of the molecule is CC1=C(C(=O)Nc2cc(C)ccn2)[C@@H](c2ccccc2Cl)C2=C(CCCC2=O)N1. The number of carbonyl (C=O) groups excluding carboxylic acids is 2. The summed E-state index contributed by atoms with van der Waals surface area (Å²) in [6.45, 7) is 3.81. The molecule has 1 atom stereocenters. The van der Waals surface area contributed by atoms with Gasteiger partial charge in [-0.3, -0.25) is 9.59 Å². The lowest BCUT2D eigenvalue weighted by Crippen LogP contribution is -2.35. The van der Waals surface area contributed by atoms with E-state index in [-0.39, 0.29) is 11.7 Å². The lowest BCUT2D eigenvalue weighted by atomic mass is 9.75. The maximum Gasteiger partial charge on any atom is 0.255 e. The Morgan fingerprint density at radius 1 is 1.21 bits per heavy atom. The van der Waals surface area contributed by atoms with Gasteiger partial charge in [-0.05, 0) is 56.0 Å². The number of hydrogen-bond acceptors (Lipinski definition) is 4. The zero-order chi connectivity index (χ0) is 20.5. The average molecular weight is 408 g/mol. The molecule has 4 rings (SSSR count). The Balaban J connectivity index is 1.81. The molecule has 0 saturated heterocycles. The van der Waals surface area contributed by atoms with Crippen LogP contribution in [-0.4, -0.2) is 16.7 Å². The van der Waals surface area contributed by atoms with Gasteiger partial charge in [0.05, 0.1) is 0 Å². The van der Waals surface area contributed by atoms with Gasteiger partial charge in [-0.1, -0.05) is 29.8 Å². The predicted molar refractivity (Wildman–Crippen MR) is 114 cm³/mol. The van der Waals surface area contributed by atoms with Crippen molar-refractivity contribution in [2.24, 2.45) is 0 Å². The molecule has 0 fully saturated rings. The van der Waals surface area contributed by atoms with Crippen LogP contribution in [0.4, 0.5) is 5.82 Å². The Labute approximate surface area is 174 Å². The number of nitrogens with one attached hydrogen (secondary N) is 2. The molecule has 1 aliphatic heterocycles. The van der Waals surface area contributed by atoms with Crippen LogP contribution in [0.2, 0.25) is 5.02 Å². The molecule has 5 nitrogen and oxygen atoms in total. The van der Waals surface area contributed by atoms with E-state index in [2.05, 4.69) is 15.6 Å². The van der Waals surface area contributed by atoms with E-state index in [0.29, 0.717) is 28.4 Å². The van der Waals surface area contributed by atoms with Gasteiger partial charge in [0.1, 0.15) is 5.82 Å². The fraction of sp³-hybridized carbons (Fsp3) is 0.261. The molecule has 2 aliphatic rings. The minimum absolute atomic E-state index is 0.0650. The van der Waals surface area contributed by atoms with Crippen molar-refractivity contribution in [3.8, 4) is 0 Å². The molecule has 1 aromatic heterocycles. The lowest BCUT2D eigenvalue weighted by Gasteiger charge is -2.34. The molecule has 2 heterocycles. The number of nitrogens with zero attached hydrogens (tertiary/aromatic N) is 1. The van der Waals surface area contributed by atoms with Crippen molar-refractivity contribution < 1.29 is 9.59 Å². The molecule has 0 unspecified atom stereocenters. The molecule has 29 heavy (non-hydrogen) atoms. The summed E-state index contributed by atoms with van der Waals surface area (Å²) in [5.41, 5.74) is 4.54. The first kappa shape index (κ1) is 19.4. The van der Waals surface area contributed by atoms with Gasteiger partial charge >= 0.3 is 0 Å². The predicted octanol–water partition coefficient (Wildman–Crippen LogP) is 4.65. The number of anilines is 1. The number of dihydropyridines is 1. The lowest BCUT2D eigenvalue weighted by molar-refractivity contribution is -0.116. The Kier molecular flexibility index (Phi) is 5.24. The van der Waals surface area contributed by atoms with E-state index >= 15 is 0 Å². The van der Waals surface area contributed by atoms with Crippen LogP contribution >= 0.6 is 11.6 Å². The number of allylic oxidation sites excluding steroid dienone is 3. The van der Waals surface area contributed by atoms with Crippen molar-refractivity contribution in [3.63, 3.8) is 0 Å². The molecule has 0 bridgehead atoms. The molecule has 2 N–H and O–H groups in total. The summed E-state index contributed by atoms with van der Waals surface area (Å²) in [5, 5.41) is 6.74. The van der Waals surface area contributed by atoms with Crippen molar-refractivity contribution in [1.82, 2.24) is 10.3 Å². The molecule has 0 radical (unpaired) electrons. The van der Waals surface area contributed by atoms with Gasteiger partial charge in [0.2, 0.25) is 0 Å². The number of Topliss-reactive ketones (excluding diaryl/α,β-unsaturated/α-hetero) is 1. The first-order valence-corrected chi connectivity index (χ1v) is 10.1. The standard InChI is InChI=1S/C23H22ClN3O2/c1-13-10-11-25-19(12-13)27-23(29)20-14(2)26-17-8-5-9-18(28)22(17)21(20)15-6-3-4-7-16(15)24/h3-4,6-7,10-12,21,26H,5,8-9H2,1-2H3,(H,25,27,29)/t21-/m1/s1.